The van der Waals surface area contributed by atoms with Crippen molar-refractivity contribution in [1.82, 2.24) is 0 Å². The van der Waals surface area contributed by atoms with Gasteiger partial charge < -0.3 is 9.15 Å². The first kappa shape index (κ1) is 17.2. The first-order valence-electron chi connectivity index (χ1n) is 7.37. The highest BCUT2D eigenvalue weighted by Crippen LogP contribution is 2.29. The van der Waals surface area contributed by atoms with Crippen LogP contribution in [-0.4, -0.2) is 12.4 Å². The molecular formula is C19H13ClO4S. The molecule has 0 saturated heterocycles. The van der Waals surface area contributed by atoms with E-state index < -0.39 is 4.94 Å². The fraction of sp³-hybridized carbons (Fsp3) is 0.0526. The average Bonchev–Trinajstić information content (AvgIpc) is 2.97. The lowest BCUT2D eigenvalue weighted by Gasteiger charge is -2.08. The van der Waals surface area contributed by atoms with Crippen LogP contribution < -0.4 is 9.68 Å². The maximum atomic E-state index is 12.6. The summed E-state index contributed by atoms with van der Waals surface area (Å²) in [4.78, 5) is 23.6. The summed E-state index contributed by atoms with van der Waals surface area (Å²) in [7, 11) is 0. The second-order valence-electron chi connectivity index (χ2n) is 5.07. The number of carbonyl (C=O) groups excluding carboxylic acids is 1. The van der Waals surface area contributed by atoms with E-state index >= 15 is 0 Å². The standard InChI is InChI=1S/C19H13ClO4S/c1-2-9-23-16-11-17-18(25-19(22)24-17)10-13(16)15(21)8-7-12-5-3-4-6-14(12)20/h2-8,10-11H,1,9H2/b8-7+. The number of allylic oxidation sites excluding steroid dienone is 1. The molecule has 2 aromatic carbocycles. The minimum Gasteiger partial charge on any atom is -0.489 e. The molecule has 0 saturated carbocycles. The van der Waals surface area contributed by atoms with Crippen molar-refractivity contribution in [2.24, 2.45) is 0 Å². The van der Waals surface area contributed by atoms with Crippen LogP contribution in [-0.2, 0) is 0 Å². The van der Waals surface area contributed by atoms with Crippen LogP contribution in [0.1, 0.15) is 15.9 Å². The lowest BCUT2D eigenvalue weighted by molar-refractivity contribution is 0.104. The van der Waals surface area contributed by atoms with Gasteiger partial charge in [0.15, 0.2) is 11.4 Å². The van der Waals surface area contributed by atoms with Crippen molar-refractivity contribution in [3.8, 4) is 5.75 Å². The smallest absolute Gasteiger partial charge is 0.396 e. The highest BCUT2D eigenvalue weighted by molar-refractivity contribution is 7.16. The van der Waals surface area contributed by atoms with E-state index in [0.29, 0.717) is 26.6 Å². The van der Waals surface area contributed by atoms with E-state index in [2.05, 4.69) is 6.58 Å². The molecule has 0 aliphatic carbocycles. The summed E-state index contributed by atoms with van der Waals surface area (Å²) in [6.07, 6.45) is 4.64. The van der Waals surface area contributed by atoms with E-state index in [9.17, 15) is 9.59 Å². The maximum absolute atomic E-state index is 12.6. The molecule has 0 spiro atoms. The second kappa shape index (κ2) is 7.51. The SMILES string of the molecule is C=CCOc1cc2oc(=O)sc2cc1C(=O)/C=C/c1ccccc1Cl. The van der Waals surface area contributed by atoms with Gasteiger partial charge in [-0.05, 0) is 29.8 Å². The number of halogens is 1. The van der Waals surface area contributed by atoms with Crippen LogP contribution in [0, 0.1) is 0 Å². The monoisotopic (exact) mass is 372 g/mol. The van der Waals surface area contributed by atoms with Crippen LogP contribution in [0.3, 0.4) is 0 Å². The molecule has 4 nitrogen and oxygen atoms in total. The van der Waals surface area contributed by atoms with Crippen molar-refractivity contribution in [3.63, 3.8) is 0 Å². The summed E-state index contributed by atoms with van der Waals surface area (Å²) < 4.78 is 11.2. The minimum atomic E-state index is -0.430. The number of carbonyl (C=O) groups is 1. The van der Waals surface area contributed by atoms with Gasteiger partial charge in [-0.25, -0.2) is 4.79 Å². The molecule has 126 valence electrons. The number of ether oxygens (including phenoxy) is 1. The largest absolute Gasteiger partial charge is 0.489 e. The normalized spacial score (nSPS) is 11.1. The molecule has 3 rings (SSSR count). The Bertz CT molecular complexity index is 1030. The zero-order chi connectivity index (χ0) is 17.8. The van der Waals surface area contributed by atoms with E-state index in [0.717, 1.165) is 16.9 Å². The molecule has 0 aliphatic heterocycles. The van der Waals surface area contributed by atoms with Gasteiger partial charge in [-0.1, -0.05) is 53.8 Å². The van der Waals surface area contributed by atoms with Crippen LogP contribution in [0.15, 0.2) is 64.3 Å². The highest BCUT2D eigenvalue weighted by Gasteiger charge is 2.15. The van der Waals surface area contributed by atoms with Crippen molar-refractivity contribution >= 4 is 45.1 Å². The topological polar surface area (TPSA) is 56.5 Å². The first-order chi connectivity index (χ1) is 12.1. The summed E-state index contributed by atoms with van der Waals surface area (Å²) in [6.45, 7) is 3.82. The third-order valence-electron chi connectivity index (χ3n) is 3.37. The number of hydrogen-bond donors (Lipinski definition) is 0. The summed E-state index contributed by atoms with van der Waals surface area (Å²) in [5, 5.41) is 0.554. The lowest BCUT2D eigenvalue weighted by Crippen LogP contribution is -2.02. The number of fused-ring (bicyclic) bond motifs is 1. The molecule has 0 bridgehead atoms. The predicted molar refractivity (Wildman–Crippen MR) is 101 cm³/mol. The quantitative estimate of drug-likeness (QED) is 0.348. The third kappa shape index (κ3) is 3.90. The van der Waals surface area contributed by atoms with Crippen LogP contribution in [0.4, 0.5) is 0 Å². The van der Waals surface area contributed by atoms with Gasteiger partial charge in [0.2, 0.25) is 0 Å². The Morgan fingerprint density at radius 1 is 1.32 bits per heavy atom. The van der Waals surface area contributed by atoms with Crippen LogP contribution in [0.5, 0.6) is 5.75 Å². The Hall–Kier alpha value is -2.63. The molecule has 0 atom stereocenters. The van der Waals surface area contributed by atoms with Crippen molar-refractivity contribution in [2.75, 3.05) is 6.61 Å². The molecule has 1 aromatic heterocycles. The highest BCUT2D eigenvalue weighted by atomic mass is 35.5. The van der Waals surface area contributed by atoms with Gasteiger partial charge in [0.25, 0.3) is 0 Å². The lowest BCUT2D eigenvalue weighted by atomic mass is 10.1. The molecule has 25 heavy (non-hydrogen) atoms. The van der Waals surface area contributed by atoms with Crippen molar-refractivity contribution < 1.29 is 13.9 Å². The van der Waals surface area contributed by atoms with E-state index in [1.165, 1.54) is 6.08 Å². The van der Waals surface area contributed by atoms with Gasteiger partial charge in [0, 0.05) is 11.1 Å². The van der Waals surface area contributed by atoms with Gasteiger partial charge in [-0.2, -0.15) is 0 Å². The van der Waals surface area contributed by atoms with E-state index in [-0.39, 0.29) is 12.4 Å². The number of rotatable bonds is 6. The Morgan fingerprint density at radius 3 is 2.88 bits per heavy atom. The van der Waals surface area contributed by atoms with Crippen molar-refractivity contribution in [2.45, 2.75) is 0 Å². The van der Waals surface area contributed by atoms with E-state index in [1.807, 2.05) is 18.2 Å². The predicted octanol–water partition coefficient (Wildman–Crippen LogP) is 4.97. The second-order valence-corrected chi connectivity index (χ2v) is 6.45. The van der Waals surface area contributed by atoms with E-state index in [4.69, 9.17) is 20.8 Å². The van der Waals surface area contributed by atoms with Crippen LogP contribution in [0.2, 0.25) is 5.02 Å². The molecule has 0 aliphatic rings. The van der Waals surface area contributed by atoms with Crippen LogP contribution >= 0.6 is 22.9 Å². The molecule has 0 radical (unpaired) electrons. The summed E-state index contributed by atoms with van der Waals surface area (Å²) in [6, 6.07) is 10.4. The molecule has 1 heterocycles. The Labute approximate surface area is 152 Å². The Kier molecular flexibility index (Phi) is 5.16. The zero-order valence-corrected chi connectivity index (χ0v) is 14.6. The fourth-order valence-electron chi connectivity index (χ4n) is 2.23. The van der Waals surface area contributed by atoms with Crippen LogP contribution in [0.25, 0.3) is 16.4 Å². The van der Waals surface area contributed by atoms with E-state index in [1.54, 1.807) is 30.4 Å². The number of ketones is 1. The first-order valence-corrected chi connectivity index (χ1v) is 8.56. The third-order valence-corrected chi connectivity index (χ3v) is 4.51. The van der Waals surface area contributed by atoms with Gasteiger partial charge in [-0.3, -0.25) is 4.79 Å². The maximum Gasteiger partial charge on any atom is 0.396 e. The molecule has 6 heteroatoms. The minimum absolute atomic E-state index is 0.231. The Morgan fingerprint density at radius 2 is 2.12 bits per heavy atom. The van der Waals surface area contributed by atoms with Crippen molar-refractivity contribution in [1.29, 1.82) is 0 Å². The van der Waals surface area contributed by atoms with Gasteiger partial charge in [0.1, 0.15) is 12.4 Å². The molecule has 0 amide bonds. The molecule has 0 unspecified atom stereocenters. The van der Waals surface area contributed by atoms with Gasteiger partial charge in [-0.15, -0.1) is 0 Å². The van der Waals surface area contributed by atoms with Crippen molar-refractivity contribution in [3.05, 3.63) is 81.0 Å². The fourth-order valence-corrected chi connectivity index (χ4v) is 3.12. The molecule has 0 N–H and O–H groups in total. The van der Waals surface area contributed by atoms with Gasteiger partial charge in [0.05, 0.1) is 10.3 Å². The Balaban J connectivity index is 1.99. The number of hydrogen-bond acceptors (Lipinski definition) is 5. The van der Waals surface area contributed by atoms with Gasteiger partial charge >= 0.3 is 4.94 Å². The average molecular weight is 373 g/mol. The zero-order valence-electron chi connectivity index (χ0n) is 13.0. The summed E-state index contributed by atoms with van der Waals surface area (Å²) in [5.74, 6) is 0.0736. The molecule has 0 fully saturated rings. The molecule has 3 aromatic rings. The summed E-state index contributed by atoms with van der Waals surface area (Å²) in [5.41, 5.74) is 1.47. The number of benzene rings is 2. The molecular weight excluding hydrogens is 360 g/mol. The summed E-state index contributed by atoms with van der Waals surface area (Å²) >= 11 is 7.03.